The van der Waals surface area contributed by atoms with Crippen molar-refractivity contribution >= 4 is 6.16 Å². The first-order valence-electron chi connectivity index (χ1n) is 3.99. The lowest BCUT2D eigenvalue weighted by molar-refractivity contribution is -0.0214. The maximum Gasteiger partial charge on any atom is 0.506 e. The third kappa shape index (κ3) is 1.48. The predicted molar refractivity (Wildman–Crippen MR) is 38.4 cm³/mol. The maximum atomic E-state index is 10.2. The highest BCUT2D eigenvalue weighted by atomic mass is 16.7. The number of hydrogen-bond donors (Lipinski definition) is 2. The molecule has 2 rings (SSSR count). The quantitative estimate of drug-likeness (QED) is 0.527. The number of aliphatic hydroxyl groups excluding tert-OH is 1. The first-order valence-corrected chi connectivity index (χ1v) is 3.99. The fraction of sp³-hybridized carbons (Fsp3) is 0.857. The molecule has 0 aromatic rings. The molecule has 0 aliphatic carbocycles. The zero-order chi connectivity index (χ0) is 9.42. The Bertz CT molecular complexity index is 217. The molecule has 2 N–H and O–H groups in total. The van der Waals surface area contributed by atoms with Gasteiger partial charge in [-0.05, 0) is 0 Å². The van der Waals surface area contributed by atoms with Crippen molar-refractivity contribution in [2.75, 3.05) is 13.2 Å². The molecule has 2 aliphatic heterocycles. The number of ether oxygens (including phenoxy) is 3. The second kappa shape index (κ2) is 3.13. The average molecular weight is 190 g/mol. The highest BCUT2D eigenvalue weighted by Gasteiger charge is 2.48. The number of aliphatic hydroxyl groups is 1. The minimum atomic E-state index is -1.35. The van der Waals surface area contributed by atoms with Crippen LogP contribution >= 0.6 is 0 Å². The summed E-state index contributed by atoms with van der Waals surface area (Å²) in [6.45, 7) is 0.327. The summed E-state index contributed by atoms with van der Waals surface area (Å²) < 4.78 is 14.8. The first-order chi connectivity index (χ1) is 6.18. The van der Waals surface area contributed by atoms with E-state index < -0.39 is 30.6 Å². The summed E-state index contributed by atoms with van der Waals surface area (Å²) >= 11 is 0. The smallest absolute Gasteiger partial charge is 0.450 e. The van der Waals surface area contributed by atoms with E-state index in [2.05, 4.69) is 4.74 Å². The van der Waals surface area contributed by atoms with Crippen LogP contribution in [0.1, 0.15) is 0 Å². The third-order valence-electron chi connectivity index (χ3n) is 2.23. The molecule has 2 fully saturated rings. The Morgan fingerprint density at radius 3 is 2.69 bits per heavy atom. The molecule has 2 heterocycles. The van der Waals surface area contributed by atoms with E-state index in [1.54, 1.807) is 0 Å². The van der Waals surface area contributed by atoms with Crippen molar-refractivity contribution in [3.63, 3.8) is 0 Å². The van der Waals surface area contributed by atoms with E-state index in [0.717, 1.165) is 0 Å². The van der Waals surface area contributed by atoms with Crippen LogP contribution in [-0.4, -0.2) is 54.0 Å². The van der Waals surface area contributed by atoms with Crippen LogP contribution < -0.4 is 0 Å². The molecule has 2 unspecified atom stereocenters. The molecule has 2 saturated heterocycles. The molecule has 0 bridgehead atoms. The molecule has 6 nitrogen and oxygen atoms in total. The van der Waals surface area contributed by atoms with Gasteiger partial charge in [-0.25, -0.2) is 4.79 Å². The lowest BCUT2D eigenvalue weighted by atomic mass is 10.1. The van der Waals surface area contributed by atoms with Crippen molar-refractivity contribution < 1.29 is 29.2 Å². The van der Waals surface area contributed by atoms with Crippen LogP contribution in [-0.2, 0) is 14.2 Å². The van der Waals surface area contributed by atoms with Crippen molar-refractivity contribution in [1.29, 1.82) is 0 Å². The van der Waals surface area contributed by atoms with Crippen LogP contribution in [0.2, 0.25) is 0 Å². The third-order valence-corrected chi connectivity index (χ3v) is 2.23. The van der Waals surface area contributed by atoms with Crippen molar-refractivity contribution in [1.82, 2.24) is 0 Å². The summed E-state index contributed by atoms with van der Waals surface area (Å²) in [5, 5.41) is 17.7. The van der Waals surface area contributed by atoms with E-state index in [-0.39, 0.29) is 13.2 Å². The van der Waals surface area contributed by atoms with Crippen LogP contribution in [0, 0.1) is 0 Å². The predicted octanol–water partition coefficient (Wildman–Crippen LogP) is -0.792. The van der Waals surface area contributed by atoms with Gasteiger partial charge in [-0.2, -0.15) is 0 Å². The molecule has 4 atom stereocenters. The highest BCUT2D eigenvalue weighted by Crippen LogP contribution is 2.28. The molecular weight excluding hydrogens is 180 g/mol. The number of rotatable bonds is 1. The van der Waals surface area contributed by atoms with Gasteiger partial charge in [-0.3, -0.25) is 0 Å². The van der Waals surface area contributed by atoms with Gasteiger partial charge in [0.2, 0.25) is 0 Å². The first kappa shape index (κ1) is 8.74. The van der Waals surface area contributed by atoms with Crippen LogP contribution in [0.3, 0.4) is 0 Å². The summed E-state index contributed by atoms with van der Waals surface area (Å²) in [5.41, 5.74) is 0. The summed E-state index contributed by atoms with van der Waals surface area (Å²) in [6.07, 6.45) is -3.53. The lowest BCUT2D eigenvalue weighted by Gasteiger charge is -2.13. The molecule has 6 heteroatoms. The minimum Gasteiger partial charge on any atom is -0.450 e. The second-order valence-electron chi connectivity index (χ2n) is 3.09. The van der Waals surface area contributed by atoms with E-state index >= 15 is 0 Å². The highest BCUT2D eigenvalue weighted by molar-refractivity contribution is 5.57. The molecule has 0 spiro atoms. The van der Waals surface area contributed by atoms with Gasteiger partial charge in [-0.1, -0.05) is 0 Å². The molecule has 74 valence electrons. The number of carboxylic acid groups (broad SMARTS) is 1. The summed E-state index contributed by atoms with van der Waals surface area (Å²) in [5.74, 6) is 0. The largest absolute Gasteiger partial charge is 0.506 e. The SMILES string of the molecule is O=C(O)OC1CO[C@@H]2C(O)CO[C@H]12. The molecule has 0 aromatic carbocycles. The zero-order valence-corrected chi connectivity index (χ0v) is 6.75. The van der Waals surface area contributed by atoms with E-state index in [9.17, 15) is 9.90 Å². The van der Waals surface area contributed by atoms with Crippen LogP contribution in [0.25, 0.3) is 0 Å². The van der Waals surface area contributed by atoms with Gasteiger partial charge in [0.05, 0.1) is 13.2 Å². The van der Waals surface area contributed by atoms with E-state index in [1.165, 1.54) is 0 Å². The standard InChI is InChI=1S/C7H10O6/c8-3-1-11-6-4(13-7(9)10)2-12-5(3)6/h3-6,8H,1-2H2,(H,9,10)/t3?,4?,5-,6-/m1/s1. The minimum absolute atomic E-state index is 0.151. The van der Waals surface area contributed by atoms with Crippen LogP contribution in [0.4, 0.5) is 4.79 Å². The van der Waals surface area contributed by atoms with Gasteiger partial charge in [0.1, 0.15) is 18.3 Å². The van der Waals surface area contributed by atoms with Gasteiger partial charge in [-0.15, -0.1) is 0 Å². The van der Waals surface area contributed by atoms with Crippen molar-refractivity contribution in [2.45, 2.75) is 24.4 Å². The van der Waals surface area contributed by atoms with Crippen LogP contribution in [0.15, 0.2) is 0 Å². The summed E-state index contributed by atoms with van der Waals surface area (Å²) in [7, 11) is 0. The molecule has 0 saturated carbocycles. The van der Waals surface area contributed by atoms with Gasteiger partial charge < -0.3 is 24.4 Å². The molecule has 2 aliphatic rings. The molecule has 0 aromatic heterocycles. The van der Waals surface area contributed by atoms with Crippen molar-refractivity contribution in [2.24, 2.45) is 0 Å². The molecule has 13 heavy (non-hydrogen) atoms. The molecule has 0 amide bonds. The van der Waals surface area contributed by atoms with Gasteiger partial charge in [0, 0.05) is 0 Å². The van der Waals surface area contributed by atoms with Crippen LogP contribution in [0.5, 0.6) is 0 Å². The Morgan fingerprint density at radius 1 is 1.31 bits per heavy atom. The van der Waals surface area contributed by atoms with Crippen molar-refractivity contribution in [3.8, 4) is 0 Å². The van der Waals surface area contributed by atoms with Crippen molar-refractivity contribution in [3.05, 3.63) is 0 Å². The number of carbonyl (C=O) groups is 1. The maximum absolute atomic E-state index is 10.2. The Balaban J connectivity index is 1.98. The number of fused-ring (bicyclic) bond motifs is 1. The van der Waals surface area contributed by atoms with Gasteiger partial charge in [0.15, 0.2) is 6.10 Å². The fourth-order valence-electron chi connectivity index (χ4n) is 1.67. The Hall–Kier alpha value is -0.850. The normalized spacial score (nSPS) is 43.2. The Morgan fingerprint density at radius 2 is 2.00 bits per heavy atom. The Kier molecular flexibility index (Phi) is 2.10. The summed E-state index contributed by atoms with van der Waals surface area (Å²) in [4.78, 5) is 10.2. The molecular formula is C7H10O6. The summed E-state index contributed by atoms with van der Waals surface area (Å²) in [6, 6.07) is 0. The average Bonchev–Trinajstić information content (AvgIpc) is 2.56. The Labute approximate surface area is 74.0 Å². The van der Waals surface area contributed by atoms with E-state index in [4.69, 9.17) is 14.6 Å². The topological polar surface area (TPSA) is 85.2 Å². The lowest BCUT2D eigenvalue weighted by Crippen LogP contribution is -2.33. The monoisotopic (exact) mass is 190 g/mol. The molecule has 0 radical (unpaired) electrons. The van der Waals surface area contributed by atoms with Gasteiger partial charge in [0.25, 0.3) is 0 Å². The fourth-order valence-corrected chi connectivity index (χ4v) is 1.67. The van der Waals surface area contributed by atoms with E-state index in [0.29, 0.717) is 0 Å². The second-order valence-corrected chi connectivity index (χ2v) is 3.09. The zero-order valence-electron chi connectivity index (χ0n) is 6.75. The van der Waals surface area contributed by atoms with E-state index in [1.807, 2.05) is 0 Å². The van der Waals surface area contributed by atoms with Gasteiger partial charge >= 0.3 is 6.16 Å². The number of hydrogen-bond acceptors (Lipinski definition) is 5.